The van der Waals surface area contributed by atoms with Gasteiger partial charge in [0.05, 0.1) is 24.5 Å². The molecule has 0 aliphatic carbocycles. The summed E-state index contributed by atoms with van der Waals surface area (Å²) in [6.45, 7) is 1.52. The minimum Gasteiger partial charge on any atom is -0.370 e. The molecule has 1 aromatic carbocycles. The van der Waals surface area contributed by atoms with E-state index in [-0.39, 0.29) is 11.7 Å². The summed E-state index contributed by atoms with van der Waals surface area (Å²) >= 11 is 12.7. The molecule has 28 heavy (non-hydrogen) atoms. The third kappa shape index (κ3) is 3.61. The van der Waals surface area contributed by atoms with Gasteiger partial charge in [0.2, 0.25) is 5.95 Å². The van der Waals surface area contributed by atoms with Crippen molar-refractivity contribution in [2.24, 2.45) is 7.05 Å². The molecule has 0 saturated carbocycles. The first-order chi connectivity index (χ1) is 13.5. The second-order valence-electron chi connectivity index (χ2n) is 6.37. The molecule has 3 aromatic rings. The number of hydrogen-bond acceptors (Lipinski definition) is 6. The van der Waals surface area contributed by atoms with E-state index < -0.39 is 0 Å². The van der Waals surface area contributed by atoms with Crippen LogP contribution in [0.2, 0.25) is 10.0 Å². The van der Waals surface area contributed by atoms with E-state index in [0.717, 1.165) is 5.56 Å². The Hall–Kier alpha value is -2.48. The van der Waals surface area contributed by atoms with Crippen molar-refractivity contribution >= 4 is 29.2 Å². The number of morpholine rings is 1. The predicted octanol–water partition coefficient (Wildman–Crippen LogP) is 3.12. The number of anilines is 1. The lowest BCUT2D eigenvalue weighted by molar-refractivity contribution is 0.0391. The van der Waals surface area contributed by atoms with E-state index >= 15 is 0 Å². The van der Waals surface area contributed by atoms with Crippen molar-refractivity contribution in [1.82, 2.24) is 19.5 Å². The van der Waals surface area contributed by atoms with Crippen LogP contribution in [0, 0.1) is 0 Å². The van der Waals surface area contributed by atoms with Gasteiger partial charge in [-0.2, -0.15) is 0 Å². The van der Waals surface area contributed by atoms with E-state index in [1.807, 2.05) is 4.90 Å². The quantitative estimate of drug-likeness (QED) is 0.651. The fraction of sp³-hybridized carbons (Fsp3) is 0.263. The van der Waals surface area contributed by atoms with Gasteiger partial charge in [0.15, 0.2) is 0 Å². The highest BCUT2D eigenvalue weighted by Gasteiger charge is 2.28. The van der Waals surface area contributed by atoms with E-state index in [4.69, 9.17) is 27.9 Å². The molecule has 3 heterocycles. The van der Waals surface area contributed by atoms with Crippen LogP contribution in [0.25, 0.3) is 11.4 Å². The van der Waals surface area contributed by atoms with Crippen molar-refractivity contribution in [2.45, 2.75) is 6.10 Å². The smallest absolute Gasteiger partial charge is 0.255 e. The van der Waals surface area contributed by atoms with Crippen LogP contribution in [0.15, 0.2) is 47.7 Å². The summed E-state index contributed by atoms with van der Waals surface area (Å²) in [4.78, 5) is 27.3. The maximum atomic E-state index is 12.5. The molecule has 0 N–H and O–H groups in total. The largest absolute Gasteiger partial charge is 0.370 e. The molecule has 0 amide bonds. The van der Waals surface area contributed by atoms with Gasteiger partial charge in [-0.15, -0.1) is 0 Å². The van der Waals surface area contributed by atoms with Crippen molar-refractivity contribution < 1.29 is 4.74 Å². The number of hydrogen-bond donors (Lipinski definition) is 0. The molecule has 1 atom stereocenters. The van der Waals surface area contributed by atoms with E-state index in [1.165, 1.54) is 17.0 Å². The number of benzene rings is 1. The topological polar surface area (TPSA) is 73.1 Å². The Morgan fingerprint density at radius 1 is 1.18 bits per heavy atom. The van der Waals surface area contributed by atoms with Crippen LogP contribution in [0.3, 0.4) is 0 Å². The number of rotatable bonds is 3. The molecular formula is C19H17Cl2N5O2. The SMILES string of the molecule is Cn1c(N2CCO[C@H](c3c(Cl)cccc3Cl)C2)nc(-c2ccncn2)cc1=O. The zero-order chi connectivity index (χ0) is 19.7. The highest BCUT2D eigenvalue weighted by Crippen LogP contribution is 2.35. The molecular weight excluding hydrogens is 401 g/mol. The first-order valence-electron chi connectivity index (χ1n) is 8.69. The maximum Gasteiger partial charge on any atom is 0.255 e. The number of halogens is 2. The van der Waals surface area contributed by atoms with E-state index in [9.17, 15) is 4.79 Å². The molecule has 1 saturated heterocycles. The molecule has 2 aromatic heterocycles. The highest BCUT2D eigenvalue weighted by atomic mass is 35.5. The maximum absolute atomic E-state index is 12.5. The Morgan fingerprint density at radius 3 is 2.68 bits per heavy atom. The van der Waals surface area contributed by atoms with Crippen molar-refractivity contribution in [2.75, 3.05) is 24.6 Å². The van der Waals surface area contributed by atoms with Gasteiger partial charge in [-0.1, -0.05) is 29.3 Å². The summed E-state index contributed by atoms with van der Waals surface area (Å²) in [6, 6.07) is 8.56. The van der Waals surface area contributed by atoms with Gasteiger partial charge in [-0.05, 0) is 18.2 Å². The van der Waals surface area contributed by atoms with Crippen LogP contribution in [-0.4, -0.2) is 39.2 Å². The van der Waals surface area contributed by atoms with Crippen LogP contribution < -0.4 is 10.5 Å². The first-order valence-corrected chi connectivity index (χ1v) is 9.45. The van der Waals surface area contributed by atoms with Crippen molar-refractivity contribution in [3.8, 4) is 11.4 Å². The van der Waals surface area contributed by atoms with Gasteiger partial charge < -0.3 is 9.64 Å². The molecule has 4 rings (SSSR count). The van der Waals surface area contributed by atoms with Gasteiger partial charge in [-0.3, -0.25) is 9.36 Å². The number of nitrogens with zero attached hydrogens (tertiary/aromatic N) is 5. The lowest BCUT2D eigenvalue weighted by Crippen LogP contribution is -2.42. The Labute approximate surface area is 171 Å². The molecule has 0 bridgehead atoms. The monoisotopic (exact) mass is 417 g/mol. The first kappa shape index (κ1) is 18.9. The van der Waals surface area contributed by atoms with Crippen LogP contribution in [0.1, 0.15) is 11.7 Å². The molecule has 7 nitrogen and oxygen atoms in total. The second kappa shape index (κ2) is 7.87. The molecule has 0 unspecified atom stereocenters. The van der Waals surface area contributed by atoms with Crippen molar-refractivity contribution in [3.05, 3.63) is 68.8 Å². The Kier molecular flexibility index (Phi) is 5.30. The summed E-state index contributed by atoms with van der Waals surface area (Å²) in [7, 11) is 1.70. The normalized spacial score (nSPS) is 17.0. The van der Waals surface area contributed by atoms with Crippen LogP contribution in [0.4, 0.5) is 5.95 Å². The van der Waals surface area contributed by atoms with Gasteiger partial charge >= 0.3 is 0 Å². The lowest BCUT2D eigenvalue weighted by Gasteiger charge is -2.35. The standard InChI is InChI=1S/C19H17Cl2N5O2/c1-25-17(27)9-15(14-5-6-22-11-23-14)24-19(25)26-7-8-28-16(10-26)18-12(20)3-2-4-13(18)21/h2-6,9,11,16H,7-8,10H2,1H3/t16-/m0/s1. The van der Waals surface area contributed by atoms with Gasteiger partial charge in [0, 0.05) is 41.5 Å². The molecule has 144 valence electrons. The molecule has 9 heteroatoms. The van der Waals surface area contributed by atoms with Crippen molar-refractivity contribution in [3.63, 3.8) is 0 Å². The number of aromatic nitrogens is 4. The Balaban J connectivity index is 1.71. The van der Waals surface area contributed by atoms with Gasteiger partial charge in [-0.25, -0.2) is 15.0 Å². The summed E-state index contributed by atoms with van der Waals surface area (Å²) in [6.07, 6.45) is 2.72. The number of ether oxygens (including phenoxy) is 1. The molecule has 1 aliphatic rings. The summed E-state index contributed by atoms with van der Waals surface area (Å²) in [5.41, 5.74) is 1.66. The average molecular weight is 418 g/mol. The predicted molar refractivity (Wildman–Crippen MR) is 108 cm³/mol. The zero-order valence-electron chi connectivity index (χ0n) is 15.0. The fourth-order valence-corrected chi connectivity index (χ4v) is 3.85. The average Bonchev–Trinajstić information content (AvgIpc) is 2.71. The minimum absolute atomic E-state index is 0.169. The zero-order valence-corrected chi connectivity index (χ0v) is 16.6. The minimum atomic E-state index is -0.324. The van der Waals surface area contributed by atoms with Crippen LogP contribution >= 0.6 is 23.2 Å². The summed E-state index contributed by atoms with van der Waals surface area (Å²) in [5.74, 6) is 0.539. The Bertz CT molecular complexity index is 1040. The second-order valence-corrected chi connectivity index (χ2v) is 7.19. The van der Waals surface area contributed by atoms with Crippen LogP contribution in [0.5, 0.6) is 0 Å². The fourth-order valence-electron chi connectivity index (χ4n) is 3.21. The Morgan fingerprint density at radius 2 is 1.96 bits per heavy atom. The van der Waals surface area contributed by atoms with Gasteiger partial charge in [0.1, 0.15) is 12.4 Å². The molecule has 0 spiro atoms. The third-order valence-electron chi connectivity index (χ3n) is 4.63. The van der Waals surface area contributed by atoms with Crippen LogP contribution in [-0.2, 0) is 11.8 Å². The van der Waals surface area contributed by atoms with E-state index in [0.29, 0.717) is 47.1 Å². The van der Waals surface area contributed by atoms with Gasteiger partial charge in [0.25, 0.3) is 5.56 Å². The van der Waals surface area contributed by atoms with E-state index in [1.54, 1.807) is 37.5 Å². The molecule has 1 fully saturated rings. The molecule has 0 radical (unpaired) electrons. The lowest BCUT2D eigenvalue weighted by atomic mass is 10.1. The summed E-state index contributed by atoms with van der Waals surface area (Å²) in [5, 5.41) is 1.10. The van der Waals surface area contributed by atoms with Crippen molar-refractivity contribution in [1.29, 1.82) is 0 Å². The highest BCUT2D eigenvalue weighted by molar-refractivity contribution is 6.36. The third-order valence-corrected chi connectivity index (χ3v) is 5.29. The molecule has 1 aliphatic heterocycles. The summed E-state index contributed by atoms with van der Waals surface area (Å²) < 4.78 is 7.43. The van der Waals surface area contributed by atoms with E-state index in [2.05, 4.69) is 15.0 Å².